The number of hydrogen-bond donors (Lipinski definition) is 0. The second-order valence-corrected chi connectivity index (χ2v) is 4.82. The SMILES string of the molecule is CC1CC(C)N(Cc2cscn2)C1. The van der Waals surface area contributed by atoms with Gasteiger partial charge in [0.1, 0.15) is 0 Å². The van der Waals surface area contributed by atoms with Crippen LogP contribution < -0.4 is 0 Å². The lowest BCUT2D eigenvalue weighted by Crippen LogP contribution is -2.26. The summed E-state index contributed by atoms with van der Waals surface area (Å²) in [5, 5.41) is 2.15. The lowest BCUT2D eigenvalue weighted by atomic mass is 10.1. The van der Waals surface area contributed by atoms with Crippen molar-refractivity contribution < 1.29 is 0 Å². The zero-order valence-electron chi connectivity index (χ0n) is 8.23. The Hall–Kier alpha value is -0.410. The van der Waals surface area contributed by atoms with E-state index in [9.17, 15) is 0 Å². The number of thiazole rings is 1. The Balaban J connectivity index is 1.95. The summed E-state index contributed by atoms with van der Waals surface area (Å²) in [6.07, 6.45) is 1.34. The highest BCUT2D eigenvalue weighted by Crippen LogP contribution is 2.23. The van der Waals surface area contributed by atoms with Gasteiger partial charge in [0.15, 0.2) is 0 Å². The van der Waals surface area contributed by atoms with Gasteiger partial charge in [0, 0.05) is 24.5 Å². The molecule has 0 aromatic carbocycles. The molecule has 0 saturated carbocycles. The van der Waals surface area contributed by atoms with E-state index in [1.165, 1.54) is 18.7 Å². The molecule has 0 N–H and O–H groups in total. The smallest absolute Gasteiger partial charge is 0.0795 e. The molecule has 13 heavy (non-hydrogen) atoms. The third-order valence-corrected chi connectivity index (χ3v) is 3.40. The van der Waals surface area contributed by atoms with Gasteiger partial charge >= 0.3 is 0 Å². The molecule has 1 aliphatic heterocycles. The van der Waals surface area contributed by atoms with Gasteiger partial charge in [0.05, 0.1) is 11.2 Å². The number of nitrogens with zero attached hydrogens (tertiary/aromatic N) is 2. The van der Waals surface area contributed by atoms with E-state index in [0.717, 1.165) is 18.5 Å². The summed E-state index contributed by atoms with van der Waals surface area (Å²) in [6, 6.07) is 0.733. The zero-order valence-corrected chi connectivity index (χ0v) is 9.05. The van der Waals surface area contributed by atoms with E-state index in [4.69, 9.17) is 0 Å². The molecule has 0 radical (unpaired) electrons. The Labute approximate surface area is 83.6 Å². The maximum atomic E-state index is 4.32. The van der Waals surface area contributed by atoms with Gasteiger partial charge in [-0.05, 0) is 19.3 Å². The molecule has 0 bridgehead atoms. The zero-order chi connectivity index (χ0) is 9.26. The van der Waals surface area contributed by atoms with Crippen LogP contribution in [0, 0.1) is 5.92 Å². The maximum Gasteiger partial charge on any atom is 0.0795 e. The van der Waals surface area contributed by atoms with Crippen LogP contribution >= 0.6 is 11.3 Å². The number of hydrogen-bond acceptors (Lipinski definition) is 3. The van der Waals surface area contributed by atoms with Crippen LogP contribution in [0.2, 0.25) is 0 Å². The van der Waals surface area contributed by atoms with Crippen LogP contribution in [-0.4, -0.2) is 22.5 Å². The fraction of sp³-hybridized carbons (Fsp3) is 0.700. The molecule has 2 rings (SSSR count). The Bertz CT molecular complexity index is 258. The van der Waals surface area contributed by atoms with E-state index < -0.39 is 0 Å². The molecule has 0 spiro atoms. The van der Waals surface area contributed by atoms with E-state index in [1.807, 2.05) is 5.51 Å². The second-order valence-electron chi connectivity index (χ2n) is 4.10. The molecule has 1 aromatic heterocycles. The fourth-order valence-electron chi connectivity index (χ4n) is 2.13. The molecular weight excluding hydrogens is 180 g/mol. The topological polar surface area (TPSA) is 16.1 Å². The molecule has 2 nitrogen and oxygen atoms in total. The molecular formula is C10H16N2S. The van der Waals surface area contributed by atoms with Crippen LogP contribution in [0.4, 0.5) is 0 Å². The average Bonchev–Trinajstić information content (AvgIpc) is 2.63. The maximum absolute atomic E-state index is 4.32. The van der Waals surface area contributed by atoms with Gasteiger partial charge in [-0.3, -0.25) is 4.90 Å². The van der Waals surface area contributed by atoms with Crippen LogP contribution in [0.25, 0.3) is 0 Å². The van der Waals surface area contributed by atoms with Crippen molar-refractivity contribution in [3.05, 3.63) is 16.6 Å². The summed E-state index contributed by atoms with van der Waals surface area (Å²) < 4.78 is 0. The monoisotopic (exact) mass is 196 g/mol. The second kappa shape index (κ2) is 3.76. The molecule has 2 atom stereocenters. The lowest BCUT2D eigenvalue weighted by molar-refractivity contribution is 0.254. The van der Waals surface area contributed by atoms with E-state index in [0.29, 0.717) is 0 Å². The standard InChI is InChI=1S/C10H16N2S/c1-8-3-9(2)12(4-8)5-10-6-13-7-11-10/h6-9H,3-5H2,1-2H3. The molecule has 0 amide bonds. The highest BCUT2D eigenvalue weighted by Gasteiger charge is 2.25. The largest absolute Gasteiger partial charge is 0.295 e. The normalized spacial score (nSPS) is 29.7. The Morgan fingerprint density at radius 3 is 3.00 bits per heavy atom. The Kier molecular flexibility index (Phi) is 2.65. The minimum Gasteiger partial charge on any atom is -0.295 e. The summed E-state index contributed by atoms with van der Waals surface area (Å²) in [5.74, 6) is 0.855. The number of likely N-dealkylation sites (tertiary alicyclic amines) is 1. The van der Waals surface area contributed by atoms with Gasteiger partial charge in [-0.2, -0.15) is 0 Å². The van der Waals surface area contributed by atoms with Crippen molar-refractivity contribution in [2.45, 2.75) is 32.9 Å². The molecule has 3 heteroatoms. The first-order valence-corrected chi connectivity index (χ1v) is 5.81. The quantitative estimate of drug-likeness (QED) is 0.722. The van der Waals surface area contributed by atoms with Gasteiger partial charge < -0.3 is 0 Å². The molecule has 2 unspecified atom stereocenters. The Morgan fingerprint density at radius 2 is 2.46 bits per heavy atom. The molecule has 1 aliphatic rings. The van der Waals surface area contributed by atoms with E-state index >= 15 is 0 Å². The van der Waals surface area contributed by atoms with Crippen molar-refractivity contribution in [3.63, 3.8) is 0 Å². The summed E-state index contributed by atoms with van der Waals surface area (Å²) in [4.78, 5) is 6.84. The van der Waals surface area contributed by atoms with Crippen LogP contribution in [-0.2, 0) is 6.54 Å². The minimum absolute atomic E-state index is 0.733. The first kappa shape index (κ1) is 9.16. The first-order valence-electron chi connectivity index (χ1n) is 4.87. The summed E-state index contributed by atoms with van der Waals surface area (Å²) in [5.41, 5.74) is 3.14. The molecule has 2 heterocycles. The summed E-state index contributed by atoms with van der Waals surface area (Å²) in [6.45, 7) is 6.92. The van der Waals surface area contributed by atoms with Crippen LogP contribution in [0.5, 0.6) is 0 Å². The van der Waals surface area contributed by atoms with Crippen molar-refractivity contribution in [1.29, 1.82) is 0 Å². The predicted octanol–water partition coefficient (Wildman–Crippen LogP) is 2.37. The van der Waals surface area contributed by atoms with Crippen molar-refractivity contribution in [3.8, 4) is 0 Å². The third-order valence-electron chi connectivity index (χ3n) is 2.76. The van der Waals surface area contributed by atoms with E-state index in [1.54, 1.807) is 11.3 Å². The third kappa shape index (κ3) is 2.09. The molecule has 0 aliphatic carbocycles. The summed E-state index contributed by atoms with van der Waals surface area (Å²) in [7, 11) is 0. The van der Waals surface area contributed by atoms with Crippen molar-refractivity contribution in [1.82, 2.24) is 9.88 Å². The molecule has 1 aromatic rings. The number of rotatable bonds is 2. The van der Waals surface area contributed by atoms with Gasteiger partial charge in [-0.15, -0.1) is 11.3 Å². The average molecular weight is 196 g/mol. The van der Waals surface area contributed by atoms with Gasteiger partial charge in [-0.1, -0.05) is 6.92 Å². The highest BCUT2D eigenvalue weighted by atomic mass is 32.1. The van der Waals surface area contributed by atoms with Gasteiger partial charge in [-0.25, -0.2) is 4.98 Å². The van der Waals surface area contributed by atoms with Crippen LogP contribution in [0.3, 0.4) is 0 Å². The lowest BCUT2D eigenvalue weighted by Gasteiger charge is -2.19. The van der Waals surface area contributed by atoms with Crippen LogP contribution in [0.1, 0.15) is 26.0 Å². The Morgan fingerprint density at radius 1 is 1.62 bits per heavy atom. The number of aromatic nitrogens is 1. The van der Waals surface area contributed by atoms with Crippen molar-refractivity contribution in [2.75, 3.05) is 6.54 Å². The summed E-state index contributed by atoms with van der Waals surface area (Å²) >= 11 is 1.69. The van der Waals surface area contributed by atoms with Crippen molar-refractivity contribution >= 4 is 11.3 Å². The molecule has 1 saturated heterocycles. The molecule has 72 valence electrons. The van der Waals surface area contributed by atoms with E-state index in [-0.39, 0.29) is 0 Å². The van der Waals surface area contributed by atoms with Crippen molar-refractivity contribution in [2.24, 2.45) is 5.92 Å². The molecule has 1 fully saturated rings. The minimum atomic E-state index is 0.733. The van der Waals surface area contributed by atoms with Gasteiger partial charge in [0.2, 0.25) is 0 Å². The van der Waals surface area contributed by atoms with Crippen LogP contribution in [0.15, 0.2) is 10.9 Å². The van der Waals surface area contributed by atoms with Gasteiger partial charge in [0.25, 0.3) is 0 Å². The predicted molar refractivity (Wildman–Crippen MR) is 55.8 cm³/mol. The van der Waals surface area contributed by atoms with E-state index in [2.05, 4.69) is 29.1 Å². The highest BCUT2D eigenvalue weighted by molar-refractivity contribution is 7.07. The fourth-order valence-corrected chi connectivity index (χ4v) is 2.68. The first-order chi connectivity index (χ1) is 6.25.